The molecule has 0 spiro atoms. The lowest BCUT2D eigenvalue weighted by atomic mass is 9.85. The molecule has 1 aromatic heterocycles. The summed E-state index contributed by atoms with van der Waals surface area (Å²) in [5.74, 6) is 0.685. The van der Waals surface area contributed by atoms with Crippen LogP contribution in [0.4, 0.5) is 4.79 Å². The molecular weight excluding hydrogens is 336 g/mol. The number of nitrogens with zero attached hydrogens (tertiary/aromatic N) is 1. The molecule has 0 radical (unpaired) electrons. The van der Waals surface area contributed by atoms with Gasteiger partial charge in [-0.05, 0) is 43.2 Å². The van der Waals surface area contributed by atoms with Crippen molar-refractivity contribution >= 4 is 34.9 Å². The van der Waals surface area contributed by atoms with Crippen molar-refractivity contribution in [2.45, 2.75) is 39.2 Å². The molecule has 2 N–H and O–H groups in total. The number of thiophene rings is 1. The Bertz CT molecular complexity index is 553. The van der Waals surface area contributed by atoms with Crippen molar-refractivity contribution in [2.24, 2.45) is 11.8 Å². The van der Waals surface area contributed by atoms with Gasteiger partial charge in [-0.2, -0.15) is 0 Å². The number of carbonyl (C=O) groups is 2. The van der Waals surface area contributed by atoms with E-state index in [0.29, 0.717) is 34.1 Å². The van der Waals surface area contributed by atoms with Crippen molar-refractivity contribution in [2.75, 3.05) is 13.1 Å². The molecule has 7 heteroatoms. The van der Waals surface area contributed by atoms with Crippen LogP contribution in [-0.2, 0) is 0 Å². The highest BCUT2D eigenvalue weighted by molar-refractivity contribution is 7.17. The van der Waals surface area contributed by atoms with Crippen LogP contribution >= 0.6 is 22.9 Å². The van der Waals surface area contributed by atoms with Gasteiger partial charge < -0.3 is 15.3 Å². The third kappa shape index (κ3) is 5.11. The van der Waals surface area contributed by atoms with Crippen LogP contribution < -0.4 is 5.32 Å². The number of hydrogen-bond acceptors (Lipinski definition) is 3. The van der Waals surface area contributed by atoms with Gasteiger partial charge in [0, 0.05) is 19.1 Å². The lowest BCUT2D eigenvalue weighted by Gasteiger charge is -2.35. The molecule has 0 saturated carbocycles. The molecule has 2 rings (SSSR count). The van der Waals surface area contributed by atoms with Crippen LogP contribution in [0.3, 0.4) is 0 Å². The number of carbonyl (C=O) groups excluding carboxylic acids is 1. The summed E-state index contributed by atoms with van der Waals surface area (Å²) < 4.78 is 0.602. The number of halogens is 1. The maximum absolute atomic E-state index is 12.4. The van der Waals surface area contributed by atoms with E-state index in [1.54, 1.807) is 12.1 Å². The third-order valence-corrected chi connectivity index (χ3v) is 5.45. The molecule has 1 fully saturated rings. The molecule has 1 aromatic rings. The maximum Gasteiger partial charge on any atom is 0.407 e. The fraction of sp³-hybridized carbons (Fsp3) is 0.625. The molecular formula is C16H23ClN2O3S. The van der Waals surface area contributed by atoms with Crippen molar-refractivity contribution in [1.82, 2.24) is 10.2 Å². The molecule has 2 amide bonds. The van der Waals surface area contributed by atoms with Crippen molar-refractivity contribution in [1.29, 1.82) is 0 Å². The number of nitrogens with one attached hydrogen (secondary N) is 1. The Balaban J connectivity index is 2.00. The van der Waals surface area contributed by atoms with Gasteiger partial charge in [-0.1, -0.05) is 25.4 Å². The first kappa shape index (κ1) is 18.1. The summed E-state index contributed by atoms with van der Waals surface area (Å²) in [6.45, 7) is 5.34. The van der Waals surface area contributed by atoms with Gasteiger partial charge in [0.1, 0.15) is 0 Å². The van der Waals surface area contributed by atoms with Gasteiger partial charge in [-0.25, -0.2) is 4.79 Å². The van der Waals surface area contributed by atoms with E-state index in [4.69, 9.17) is 16.7 Å². The zero-order valence-electron chi connectivity index (χ0n) is 13.4. The first-order valence-corrected chi connectivity index (χ1v) is 9.10. The lowest BCUT2D eigenvalue weighted by molar-refractivity contribution is 0.0868. The lowest BCUT2D eigenvalue weighted by Crippen LogP contribution is -2.47. The van der Waals surface area contributed by atoms with Crippen LogP contribution in [0.5, 0.6) is 0 Å². The fourth-order valence-corrected chi connectivity index (χ4v) is 3.99. The van der Waals surface area contributed by atoms with E-state index >= 15 is 0 Å². The zero-order chi connectivity index (χ0) is 17.0. The fourth-order valence-electron chi connectivity index (χ4n) is 3.05. The van der Waals surface area contributed by atoms with E-state index in [2.05, 4.69) is 19.2 Å². The normalized spacial score (nSPS) is 17.3. The maximum atomic E-state index is 12.4. The molecule has 1 aliphatic rings. The molecule has 0 bridgehead atoms. The van der Waals surface area contributed by atoms with Crippen molar-refractivity contribution in [3.05, 3.63) is 21.3 Å². The Morgan fingerprint density at radius 3 is 2.52 bits per heavy atom. The van der Waals surface area contributed by atoms with E-state index in [-0.39, 0.29) is 11.9 Å². The van der Waals surface area contributed by atoms with E-state index in [1.165, 1.54) is 16.2 Å². The second-order valence-electron chi connectivity index (χ2n) is 6.42. The predicted octanol–water partition coefficient (Wildman–Crippen LogP) is 3.94. The molecule has 1 saturated heterocycles. The average molecular weight is 359 g/mol. The summed E-state index contributed by atoms with van der Waals surface area (Å²) in [6.07, 6.45) is 1.61. The molecule has 128 valence electrons. The third-order valence-electron chi connectivity index (χ3n) is 4.22. The first-order chi connectivity index (χ1) is 10.9. The zero-order valence-corrected chi connectivity index (χ0v) is 15.0. The quantitative estimate of drug-likeness (QED) is 0.837. The van der Waals surface area contributed by atoms with Gasteiger partial charge in [0.2, 0.25) is 0 Å². The second kappa shape index (κ2) is 8.02. The number of piperidine rings is 1. The van der Waals surface area contributed by atoms with Crippen LogP contribution in [0.1, 0.15) is 42.8 Å². The summed E-state index contributed by atoms with van der Waals surface area (Å²) in [5.41, 5.74) is 0. The van der Waals surface area contributed by atoms with Crippen LogP contribution in [-0.4, -0.2) is 41.1 Å². The van der Waals surface area contributed by atoms with Gasteiger partial charge in [0.05, 0.1) is 9.21 Å². The van der Waals surface area contributed by atoms with E-state index < -0.39 is 6.09 Å². The van der Waals surface area contributed by atoms with Crippen LogP contribution in [0, 0.1) is 11.8 Å². The minimum Gasteiger partial charge on any atom is -0.465 e. The SMILES string of the molecule is CC(C)C[C@H](NC(=O)c1ccc(Cl)s1)C1CCN(C(=O)O)CC1. The molecule has 0 aliphatic carbocycles. The van der Waals surface area contributed by atoms with Crippen LogP contribution in [0.25, 0.3) is 0 Å². The summed E-state index contributed by atoms with van der Waals surface area (Å²) in [6, 6.07) is 3.53. The topological polar surface area (TPSA) is 69.6 Å². The Kier molecular flexibility index (Phi) is 6.30. The van der Waals surface area contributed by atoms with Gasteiger partial charge in [-0.3, -0.25) is 4.79 Å². The summed E-state index contributed by atoms with van der Waals surface area (Å²) in [5, 5.41) is 12.2. The molecule has 0 aromatic carbocycles. The van der Waals surface area contributed by atoms with Crippen molar-refractivity contribution in [3.63, 3.8) is 0 Å². The van der Waals surface area contributed by atoms with Gasteiger partial charge >= 0.3 is 6.09 Å². The highest BCUT2D eigenvalue weighted by Gasteiger charge is 2.30. The second-order valence-corrected chi connectivity index (χ2v) is 8.14. The van der Waals surface area contributed by atoms with Gasteiger partial charge in [0.25, 0.3) is 5.91 Å². The molecule has 1 aliphatic heterocycles. The van der Waals surface area contributed by atoms with E-state index in [0.717, 1.165) is 19.3 Å². The molecule has 5 nitrogen and oxygen atoms in total. The molecule has 23 heavy (non-hydrogen) atoms. The largest absolute Gasteiger partial charge is 0.465 e. The Hall–Kier alpha value is -1.27. The average Bonchev–Trinajstić information content (AvgIpc) is 2.93. The Labute approximate surface area is 145 Å². The number of amides is 2. The molecule has 2 heterocycles. The Morgan fingerprint density at radius 2 is 2.04 bits per heavy atom. The number of carboxylic acid groups (broad SMARTS) is 1. The summed E-state index contributed by atoms with van der Waals surface area (Å²) in [4.78, 5) is 25.5. The minimum atomic E-state index is -0.860. The molecule has 0 unspecified atom stereocenters. The number of rotatable bonds is 5. The smallest absolute Gasteiger partial charge is 0.407 e. The highest BCUT2D eigenvalue weighted by atomic mass is 35.5. The van der Waals surface area contributed by atoms with E-state index in [9.17, 15) is 9.59 Å². The minimum absolute atomic E-state index is 0.0688. The van der Waals surface area contributed by atoms with Gasteiger partial charge in [0.15, 0.2) is 0 Å². The first-order valence-electron chi connectivity index (χ1n) is 7.91. The predicted molar refractivity (Wildman–Crippen MR) is 92.4 cm³/mol. The Morgan fingerprint density at radius 1 is 1.39 bits per heavy atom. The summed E-state index contributed by atoms with van der Waals surface area (Å²) >= 11 is 7.17. The highest BCUT2D eigenvalue weighted by Crippen LogP contribution is 2.26. The van der Waals surface area contributed by atoms with Crippen LogP contribution in [0.15, 0.2) is 12.1 Å². The molecule has 1 atom stereocenters. The van der Waals surface area contributed by atoms with Crippen molar-refractivity contribution in [3.8, 4) is 0 Å². The van der Waals surface area contributed by atoms with E-state index in [1.807, 2.05) is 0 Å². The summed E-state index contributed by atoms with van der Waals surface area (Å²) in [7, 11) is 0. The standard InChI is InChI=1S/C16H23ClN2O3S/c1-10(2)9-12(11-5-7-19(8-6-11)16(21)22)18-15(20)13-3-4-14(17)23-13/h3-4,10-12H,5-9H2,1-2H3,(H,18,20)(H,21,22)/t12-/m0/s1. The monoisotopic (exact) mass is 358 g/mol. The van der Waals surface area contributed by atoms with Crippen LogP contribution in [0.2, 0.25) is 4.34 Å². The van der Waals surface area contributed by atoms with Gasteiger partial charge in [-0.15, -0.1) is 11.3 Å². The number of likely N-dealkylation sites (tertiary alicyclic amines) is 1. The van der Waals surface area contributed by atoms with Crippen molar-refractivity contribution < 1.29 is 14.7 Å². The number of hydrogen-bond donors (Lipinski definition) is 2.